The summed E-state index contributed by atoms with van der Waals surface area (Å²) in [5.74, 6) is -0.0483. The van der Waals surface area contributed by atoms with Crippen LogP contribution in [0.25, 0.3) is 0 Å². The molecule has 4 heteroatoms. The van der Waals surface area contributed by atoms with Gasteiger partial charge in [0.2, 0.25) is 5.91 Å². The van der Waals surface area contributed by atoms with E-state index in [1.165, 1.54) is 0 Å². The Labute approximate surface area is 115 Å². The third-order valence-corrected chi connectivity index (χ3v) is 3.18. The van der Waals surface area contributed by atoms with E-state index < -0.39 is 0 Å². The molecule has 0 aliphatic heterocycles. The Hall–Kier alpha value is -1.39. The molecule has 1 amide bonds. The zero-order valence-corrected chi connectivity index (χ0v) is 12.0. The summed E-state index contributed by atoms with van der Waals surface area (Å²) in [7, 11) is 0. The molecule has 1 rings (SSSR count). The molecule has 0 saturated heterocycles. The normalized spacial score (nSPS) is 11.4. The quantitative estimate of drug-likeness (QED) is 0.795. The van der Waals surface area contributed by atoms with E-state index in [1.54, 1.807) is 0 Å². The third-order valence-electron chi connectivity index (χ3n) is 3.18. The summed E-state index contributed by atoms with van der Waals surface area (Å²) in [6, 6.07) is 7.55. The van der Waals surface area contributed by atoms with Crippen LogP contribution in [0.1, 0.15) is 39.2 Å². The van der Waals surface area contributed by atoms with Crippen LogP contribution in [0.3, 0.4) is 0 Å². The van der Waals surface area contributed by atoms with E-state index in [-0.39, 0.29) is 11.5 Å². The van der Waals surface area contributed by atoms with E-state index in [0.29, 0.717) is 19.6 Å². The van der Waals surface area contributed by atoms with Crippen LogP contribution in [0.4, 0.5) is 5.69 Å². The summed E-state index contributed by atoms with van der Waals surface area (Å²) in [5.41, 5.74) is 7.17. The minimum atomic E-state index is -0.171. The van der Waals surface area contributed by atoms with E-state index >= 15 is 0 Å². The number of rotatable bonds is 7. The third kappa shape index (κ3) is 5.41. The number of hydrogen-bond donors (Lipinski definition) is 2. The maximum absolute atomic E-state index is 11.8. The molecule has 0 radical (unpaired) electrons. The van der Waals surface area contributed by atoms with Crippen LogP contribution >= 0.6 is 0 Å². The monoisotopic (exact) mass is 264 g/mol. The second kappa shape index (κ2) is 7.26. The number of ether oxygens (including phenoxy) is 1. The lowest BCUT2D eigenvalue weighted by Crippen LogP contribution is -2.25. The van der Waals surface area contributed by atoms with Gasteiger partial charge < -0.3 is 15.8 Å². The second-order valence-electron chi connectivity index (χ2n) is 5.12. The lowest BCUT2D eigenvalue weighted by molar-refractivity contribution is -0.118. The summed E-state index contributed by atoms with van der Waals surface area (Å²) in [5, 5.41) is 2.87. The first kappa shape index (κ1) is 15.7. The molecule has 0 atom stereocenters. The molecule has 106 valence electrons. The highest BCUT2D eigenvalue weighted by Gasteiger charge is 2.15. The lowest BCUT2D eigenvalue weighted by Gasteiger charge is -2.23. The minimum Gasteiger partial charge on any atom is -0.375 e. The van der Waals surface area contributed by atoms with E-state index in [2.05, 4.69) is 12.2 Å². The molecular formula is C15H24N2O2. The van der Waals surface area contributed by atoms with Crippen molar-refractivity contribution < 1.29 is 9.53 Å². The van der Waals surface area contributed by atoms with Crippen molar-refractivity contribution in [2.24, 2.45) is 5.73 Å². The second-order valence-corrected chi connectivity index (χ2v) is 5.12. The molecule has 0 saturated carbocycles. The number of hydrogen-bond acceptors (Lipinski definition) is 3. The van der Waals surface area contributed by atoms with Crippen molar-refractivity contribution in [3.8, 4) is 0 Å². The first-order valence-corrected chi connectivity index (χ1v) is 6.70. The van der Waals surface area contributed by atoms with Gasteiger partial charge in [-0.05, 0) is 31.9 Å². The van der Waals surface area contributed by atoms with Gasteiger partial charge in [0.1, 0.15) is 0 Å². The van der Waals surface area contributed by atoms with Crippen LogP contribution in [0.2, 0.25) is 0 Å². The first-order chi connectivity index (χ1) is 8.98. The molecule has 19 heavy (non-hydrogen) atoms. The molecule has 0 aromatic heterocycles. The Bertz CT molecular complexity index is 416. The maximum atomic E-state index is 11.8. The predicted octanol–water partition coefficient (Wildman–Crippen LogP) is 2.68. The largest absolute Gasteiger partial charge is 0.375 e. The fourth-order valence-electron chi connectivity index (χ4n) is 1.56. The van der Waals surface area contributed by atoms with Crippen molar-refractivity contribution in [2.75, 3.05) is 11.9 Å². The van der Waals surface area contributed by atoms with Gasteiger partial charge in [0.25, 0.3) is 0 Å². The van der Waals surface area contributed by atoms with Gasteiger partial charge in [-0.15, -0.1) is 0 Å². The smallest absolute Gasteiger partial charge is 0.226 e. The highest BCUT2D eigenvalue weighted by Crippen LogP contribution is 2.16. The Kier molecular flexibility index (Phi) is 5.99. The van der Waals surface area contributed by atoms with Crippen molar-refractivity contribution in [1.29, 1.82) is 0 Å². The summed E-state index contributed by atoms with van der Waals surface area (Å²) < 4.78 is 5.66. The number of nitrogens with two attached hydrogens (primary N) is 1. The minimum absolute atomic E-state index is 0.0483. The predicted molar refractivity (Wildman–Crippen MR) is 77.9 cm³/mol. The molecule has 0 aliphatic carbocycles. The van der Waals surface area contributed by atoms with Gasteiger partial charge in [0.05, 0.1) is 18.6 Å². The van der Waals surface area contributed by atoms with E-state index in [0.717, 1.165) is 17.7 Å². The number of carbonyl (C=O) groups excluding carboxylic acids is 1. The molecule has 0 fully saturated rings. The fourth-order valence-corrected chi connectivity index (χ4v) is 1.56. The number of carbonyl (C=O) groups is 1. The number of benzene rings is 1. The summed E-state index contributed by atoms with van der Waals surface area (Å²) >= 11 is 0. The van der Waals surface area contributed by atoms with Crippen molar-refractivity contribution in [3.63, 3.8) is 0 Å². The number of anilines is 1. The molecule has 3 N–H and O–H groups in total. The number of para-hydroxylation sites is 1. The Morgan fingerprint density at radius 2 is 2.05 bits per heavy atom. The number of nitrogens with one attached hydrogen (secondary N) is 1. The molecular weight excluding hydrogens is 240 g/mol. The maximum Gasteiger partial charge on any atom is 0.226 e. The van der Waals surface area contributed by atoms with Gasteiger partial charge >= 0.3 is 0 Å². The van der Waals surface area contributed by atoms with Gasteiger partial charge in [0, 0.05) is 12.2 Å². The molecule has 4 nitrogen and oxygen atoms in total. The standard InChI is InChI=1S/C15H24N2O2/c1-4-15(2,3)19-10-9-14(18)17-13-8-6-5-7-12(13)11-16/h5-8H,4,9-11,16H2,1-3H3,(H,17,18). The molecule has 1 aromatic rings. The average Bonchev–Trinajstić information content (AvgIpc) is 2.39. The topological polar surface area (TPSA) is 64.3 Å². The van der Waals surface area contributed by atoms with Crippen LogP contribution in [0.5, 0.6) is 0 Å². The Morgan fingerprint density at radius 1 is 1.37 bits per heavy atom. The average molecular weight is 264 g/mol. The SMILES string of the molecule is CCC(C)(C)OCCC(=O)Nc1ccccc1CN. The van der Waals surface area contributed by atoms with E-state index in [9.17, 15) is 4.79 Å². The van der Waals surface area contributed by atoms with E-state index in [4.69, 9.17) is 10.5 Å². The zero-order valence-electron chi connectivity index (χ0n) is 12.0. The highest BCUT2D eigenvalue weighted by molar-refractivity contribution is 5.91. The Balaban J connectivity index is 2.43. The van der Waals surface area contributed by atoms with Crippen LogP contribution in [-0.2, 0) is 16.1 Å². The van der Waals surface area contributed by atoms with Crippen LogP contribution < -0.4 is 11.1 Å². The summed E-state index contributed by atoms with van der Waals surface area (Å²) in [4.78, 5) is 11.8. The van der Waals surface area contributed by atoms with Crippen molar-refractivity contribution in [1.82, 2.24) is 0 Å². The molecule has 0 bridgehead atoms. The summed E-state index contributed by atoms with van der Waals surface area (Å²) in [6.07, 6.45) is 1.27. The van der Waals surface area contributed by atoms with Crippen molar-refractivity contribution in [2.45, 2.75) is 45.8 Å². The Morgan fingerprint density at radius 3 is 2.68 bits per heavy atom. The van der Waals surface area contributed by atoms with Crippen molar-refractivity contribution >= 4 is 11.6 Å². The zero-order chi connectivity index (χ0) is 14.3. The fraction of sp³-hybridized carbons (Fsp3) is 0.533. The molecule has 0 unspecified atom stereocenters. The van der Waals surface area contributed by atoms with E-state index in [1.807, 2.05) is 38.1 Å². The van der Waals surface area contributed by atoms with Gasteiger partial charge in [-0.1, -0.05) is 25.1 Å². The summed E-state index contributed by atoms with van der Waals surface area (Å²) in [6.45, 7) is 6.95. The molecule has 1 aromatic carbocycles. The molecule has 0 heterocycles. The number of amides is 1. The van der Waals surface area contributed by atoms with Crippen LogP contribution in [0, 0.1) is 0 Å². The first-order valence-electron chi connectivity index (χ1n) is 6.70. The lowest BCUT2D eigenvalue weighted by atomic mass is 10.1. The van der Waals surface area contributed by atoms with Crippen molar-refractivity contribution in [3.05, 3.63) is 29.8 Å². The van der Waals surface area contributed by atoms with Crippen LogP contribution in [0.15, 0.2) is 24.3 Å². The molecule has 0 aliphatic rings. The van der Waals surface area contributed by atoms with Gasteiger partial charge in [-0.3, -0.25) is 4.79 Å². The van der Waals surface area contributed by atoms with Gasteiger partial charge in [0.15, 0.2) is 0 Å². The van der Waals surface area contributed by atoms with Gasteiger partial charge in [-0.25, -0.2) is 0 Å². The van der Waals surface area contributed by atoms with Crippen LogP contribution in [-0.4, -0.2) is 18.1 Å². The highest BCUT2D eigenvalue weighted by atomic mass is 16.5. The molecule has 0 spiro atoms. The van der Waals surface area contributed by atoms with Gasteiger partial charge in [-0.2, -0.15) is 0 Å².